The monoisotopic (exact) mass is 404 g/mol. The molecule has 2 amide bonds. The van der Waals surface area contributed by atoms with Crippen molar-refractivity contribution in [3.63, 3.8) is 0 Å². The Hall–Kier alpha value is -4.27. The van der Waals surface area contributed by atoms with Crippen LogP contribution in [0.5, 0.6) is 0 Å². The van der Waals surface area contributed by atoms with E-state index in [-0.39, 0.29) is 11.5 Å². The second-order valence-corrected chi connectivity index (χ2v) is 6.45. The van der Waals surface area contributed by atoms with Crippen LogP contribution < -0.4 is 10.9 Å². The van der Waals surface area contributed by atoms with Crippen molar-refractivity contribution in [3.8, 4) is 5.69 Å². The van der Waals surface area contributed by atoms with Crippen molar-refractivity contribution in [2.75, 3.05) is 0 Å². The molecule has 0 aliphatic carbocycles. The number of hydrazine groups is 1. The maximum absolute atomic E-state index is 13.1. The zero-order valence-electron chi connectivity index (χ0n) is 15.7. The van der Waals surface area contributed by atoms with E-state index in [1.54, 1.807) is 10.9 Å². The summed E-state index contributed by atoms with van der Waals surface area (Å²) in [4.78, 5) is 28.8. The van der Waals surface area contributed by atoms with E-state index in [0.717, 1.165) is 5.56 Å². The lowest BCUT2D eigenvalue weighted by atomic mass is 10.2. The molecule has 4 aromatic rings. The lowest BCUT2D eigenvalue weighted by molar-refractivity contribution is 0.0843. The molecule has 0 fully saturated rings. The van der Waals surface area contributed by atoms with Crippen LogP contribution in [0.25, 0.3) is 5.69 Å². The first kappa shape index (κ1) is 19.1. The Kier molecular flexibility index (Phi) is 5.33. The number of aromatic nitrogens is 4. The van der Waals surface area contributed by atoms with Gasteiger partial charge in [0.1, 0.15) is 11.5 Å². The largest absolute Gasteiger partial charge is 0.295 e. The number of nitrogens with zero attached hydrogens (tertiary/aromatic N) is 4. The summed E-state index contributed by atoms with van der Waals surface area (Å²) < 4.78 is 16.2. The lowest BCUT2D eigenvalue weighted by Gasteiger charge is -2.09. The Morgan fingerprint density at radius 3 is 2.43 bits per heavy atom. The number of benzene rings is 2. The molecule has 0 bridgehead atoms. The van der Waals surface area contributed by atoms with E-state index in [2.05, 4.69) is 20.9 Å². The second kappa shape index (κ2) is 8.39. The maximum atomic E-state index is 13.1. The Morgan fingerprint density at radius 1 is 0.933 bits per heavy atom. The zero-order chi connectivity index (χ0) is 20.9. The Bertz CT molecular complexity index is 1170. The Morgan fingerprint density at radius 2 is 1.67 bits per heavy atom. The number of imidazole rings is 1. The molecule has 2 aromatic heterocycles. The SMILES string of the molecule is O=C(NNC(=O)c1cncn1-c1ccc(F)cc1)c1cnn(Cc2ccccc2)c1. The summed E-state index contributed by atoms with van der Waals surface area (Å²) in [6.45, 7) is 0.525. The third kappa shape index (κ3) is 4.25. The molecule has 2 N–H and O–H groups in total. The van der Waals surface area contributed by atoms with E-state index < -0.39 is 11.8 Å². The quantitative estimate of drug-likeness (QED) is 0.499. The smallest absolute Gasteiger partial charge is 0.288 e. The molecule has 0 saturated heterocycles. The van der Waals surface area contributed by atoms with Gasteiger partial charge in [-0.2, -0.15) is 5.10 Å². The summed E-state index contributed by atoms with van der Waals surface area (Å²) >= 11 is 0. The van der Waals surface area contributed by atoms with Crippen LogP contribution >= 0.6 is 0 Å². The van der Waals surface area contributed by atoms with Gasteiger partial charge in [-0.15, -0.1) is 0 Å². The molecule has 9 heteroatoms. The van der Waals surface area contributed by atoms with Crippen LogP contribution in [0.4, 0.5) is 4.39 Å². The van der Waals surface area contributed by atoms with Gasteiger partial charge < -0.3 is 0 Å². The topological polar surface area (TPSA) is 93.8 Å². The highest BCUT2D eigenvalue weighted by atomic mass is 19.1. The fourth-order valence-corrected chi connectivity index (χ4v) is 2.86. The lowest BCUT2D eigenvalue weighted by Crippen LogP contribution is -2.42. The molecule has 0 saturated carbocycles. The highest BCUT2D eigenvalue weighted by molar-refractivity contribution is 5.98. The van der Waals surface area contributed by atoms with Gasteiger partial charge in [-0.1, -0.05) is 30.3 Å². The molecule has 0 radical (unpaired) electrons. The summed E-state index contributed by atoms with van der Waals surface area (Å²) in [7, 11) is 0. The van der Waals surface area contributed by atoms with Gasteiger partial charge in [-0.05, 0) is 29.8 Å². The highest BCUT2D eigenvalue weighted by Crippen LogP contribution is 2.12. The predicted molar refractivity (Wildman–Crippen MR) is 106 cm³/mol. The van der Waals surface area contributed by atoms with Crippen LogP contribution in [0.3, 0.4) is 0 Å². The van der Waals surface area contributed by atoms with Crippen molar-refractivity contribution in [1.29, 1.82) is 0 Å². The van der Waals surface area contributed by atoms with Crippen LogP contribution in [-0.4, -0.2) is 31.1 Å². The summed E-state index contributed by atoms with van der Waals surface area (Å²) in [5.41, 5.74) is 6.81. The van der Waals surface area contributed by atoms with Crippen molar-refractivity contribution >= 4 is 11.8 Å². The molecule has 4 rings (SSSR count). The number of halogens is 1. The average Bonchev–Trinajstić information content (AvgIpc) is 3.43. The molecule has 150 valence electrons. The van der Waals surface area contributed by atoms with Crippen LogP contribution in [-0.2, 0) is 6.54 Å². The van der Waals surface area contributed by atoms with Gasteiger partial charge in [0.15, 0.2) is 0 Å². The van der Waals surface area contributed by atoms with Gasteiger partial charge in [-0.25, -0.2) is 9.37 Å². The van der Waals surface area contributed by atoms with Crippen molar-refractivity contribution in [3.05, 3.63) is 102 Å². The number of nitrogens with one attached hydrogen (secondary N) is 2. The molecule has 0 atom stereocenters. The van der Waals surface area contributed by atoms with E-state index in [9.17, 15) is 14.0 Å². The van der Waals surface area contributed by atoms with Crippen LogP contribution in [0, 0.1) is 5.82 Å². The molecule has 8 nitrogen and oxygen atoms in total. The fraction of sp³-hybridized carbons (Fsp3) is 0.0476. The third-order valence-corrected chi connectivity index (χ3v) is 4.35. The Labute approximate surface area is 171 Å². The second-order valence-electron chi connectivity index (χ2n) is 6.45. The first-order chi connectivity index (χ1) is 14.6. The number of amides is 2. The van der Waals surface area contributed by atoms with Crippen molar-refractivity contribution in [2.24, 2.45) is 0 Å². The van der Waals surface area contributed by atoms with E-state index in [1.807, 2.05) is 30.3 Å². The average molecular weight is 404 g/mol. The predicted octanol–water partition coefficient (Wildman–Crippen LogP) is 2.33. The van der Waals surface area contributed by atoms with Gasteiger partial charge in [-0.3, -0.25) is 29.7 Å². The molecule has 2 aromatic carbocycles. The maximum Gasteiger partial charge on any atom is 0.288 e. The van der Waals surface area contributed by atoms with E-state index in [1.165, 1.54) is 47.6 Å². The minimum atomic E-state index is -0.568. The van der Waals surface area contributed by atoms with E-state index >= 15 is 0 Å². The van der Waals surface area contributed by atoms with E-state index in [0.29, 0.717) is 17.8 Å². The normalized spacial score (nSPS) is 10.6. The molecular weight excluding hydrogens is 387 g/mol. The molecule has 0 aliphatic rings. The number of hydrogen-bond donors (Lipinski definition) is 2. The summed E-state index contributed by atoms with van der Waals surface area (Å²) in [6.07, 6.45) is 5.80. The summed E-state index contributed by atoms with van der Waals surface area (Å²) in [5.74, 6) is -1.46. The van der Waals surface area contributed by atoms with Crippen LogP contribution in [0.15, 0.2) is 79.5 Å². The molecule has 0 aliphatic heterocycles. The van der Waals surface area contributed by atoms with Gasteiger partial charge in [0.05, 0.1) is 30.8 Å². The van der Waals surface area contributed by atoms with Gasteiger partial charge in [0.25, 0.3) is 11.8 Å². The minimum absolute atomic E-state index is 0.182. The van der Waals surface area contributed by atoms with Crippen LogP contribution in [0.2, 0.25) is 0 Å². The Balaban J connectivity index is 1.38. The van der Waals surface area contributed by atoms with Crippen molar-refractivity contribution in [2.45, 2.75) is 6.54 Å². The molecular formula is C21H17FN6O2. The molecule has 0 unspecified atom stereocenters. The van der Waals surface area contributed by atoms with Gasteiger partial charge in [0, 0.05) is 11.9 Å². The molecule has 2 heterocycles. The number of carbonyl (C=O) groups excluding carboxylic acids is 2. The first-order valence-electron chi connectivity index (χ1n) is 9.05. The van der Waals surface area contributed by atoms with Crippen molar-refractivity contribution < 1.29 is 14.0 Å². The zero-order valence-corrected chi connectivity index (χ0v) is 15.7. The third-order valence-electron chi connectivity index (χ3n) is 4.35. The first-order valence-corrected chi connectivity index (χ1v) is 9.05. The summed E-state index contributed by atoms with van der Waals surface area (Å²) in [6, 6.07) is 15.3. The standard InChI is InChI=1S/C21H17FN6O2/c22-17-6-8-18(9-7-17)28-14-23-11-19(28)21(30)26-25-20(29)16-10-24-27(13-16)12-15-4-2-1-3-5-15/h1-11,13-14H,12H2,(H,25,29)(H,26,30). The fourth-order valence-electron chi connectivity index (χ4n) is 2.86. The molecule has 30 heavy (non-hydrogen) atoms. The van der Waals surface area contributed by atoms with Gasteiger partial charge in [0.2, 0.25) is 0 Å². The number of carbonyl (C=O) groups is 2. The highest BCUT2D eigenvalue weighted by Gasteiger charge is 2.15. The van der Waals surface area contributed by atoms with Gasteiger partial charge >= 0.3 is 0 Å². The number of rotatable bonds is 5. The number of hydrogen-bond acceptors (Lipinski definition) is 4. The minimum Gasteiger partial charge on any atom is -0.295 e. The summed E-state index contributed by atoms with van der Waals surface area (Å²) in [5, 5.41) is 4.17. The molecule has 0 spiro atoms. The van der Waals surface area contributed by atoms with Crippen LogP contribution in [0.1, 0.15) is 26.4 Å². The van der Waals surface area contributed by atoms with E-state index in [4.69, 9.17) is 0 Å². The van der Waals surface area contributed by atoms with Crippen molar-refractivity contribution in [1.82, 2.24) is 30.2 Å².